The van der Waals surface area contributed by atoms with Gasteiger partial charge in [-0.05, 0) is 30.7 Å². The summed E-state index contributed by atoms with van der Waals surface area (Å²) >= 11 is 2.58. The molecule has 3 heterocycles. The number of pyridine rings is 1. The van der Waals surface area contributed by atoms with E-state index in [-0.39, 0.29) is 18.0 Å². The zero-order valence-corrected chi connectivity index (χ0v) is 16.7. The molecule has 0 saturated heterocycles. The second-order valence-corrected chi connectivity index (χ2v) is 8.03. The predicted molar refractivity (Wildman–Crippen MR) is 113 cm³/mol. The Morgan fingerprint density at radius 2 is 2.07 bits per heavy atom. The highest BCUT2D eigenvalue weighted by Crippen LogP contribution is 2.29. The molecule has 0 spiro atoms. The van der Waals surface area contributed by atoms with Crippen LogP contribution in [0.25, 0.3) is 10.2 Å². The number of rotatable bonds is 6. The third-order valence-electron chi connectivity index (χ3n) is 3.87. The van der Waals surface area contributed by atoms with E-state index in [1.807, 2.05) is 19.1 Å². The average Bonchev–Trinajstić information content (AvgIpc) is 3.26. The van der Waals surface area contributed by atoms with Gasteiger partial charge in [-0.2, -0.15) is 0 Å². The van der Waals surface area contributed by atoms with Crippen molar-refractivity contribution in [1.82, 2.24) is 15.0 Å². The first-order valence-electron chi connectivity index (χ1n) is 8.45. The zero-order valence-electron chi connectivity index (χ0n) is 15.1. The van der Waals surface area contributed by atoms with E-state index in [0.717, 1.165) is 5.56 Å². The maximum atomic E-state index is 12.3. The third-order valence-corrected chi connectivity index (χ3v) is 5.61. The van der Waals surface area contributed by atoms with Gasteiger partial charge in [0.2, 0.25) is 5.91 Å². The number of aromatic nitrogens is 3. The van der Waals surface area contributed by atoms with Gasteiger partial charge < -0.3 is 10.6 Å². The molecular formula is C18H14N6O3S2. The van der Waals surface area contributed by atoms with E-state index in [2.05, 4.69) is 25.6 Å². The fourth-order valence-electron chi connectivity index (χ4n) is 2.57. The van der Waals surface area contributed by atoms with Crippen LogP contribution in [0.4, 0.5) is 21.8 Å². The smallest absolute Gasteiger partial charge is 0.270 e. The van der Waals surface area contributed by atoms with E-state index >= 15 is 0 Å². The minimum atomic E-state index is -0.461. The SMILES string of the molecule is Cc1ccnc(Nc2nc(CC(=O)Nc3nc4ccc([N+](=O)[O-])cc4s3)cs2)c1. The molecule has 0 unspecified atom stereocenters. The van der Waals surface area contributed by atoms with Gasteiger partial charge in [0, 0.05) is 23.7 Å². The Kier molecular flexibility index (Phi) is 5.14. The summed E-state index contributed by atoms with van der Waals surface area (Å²) in [7, 11) is 0. The molecular weight excluding hydrogens is 412 g/mol. The number of nitrogens with one attached hydrogen (secondary N) is 2. The number of fused-ring (bicyclic) bond motifs is 1. The van der Waals surface area contributed by atoms with Crippen molar-refractivity contribution in [3.8, 4) is 0 Å². The Balaban J connectivity index is 1.40. The summed E-state index contributed by atoms with van der Waals surface area (Å²) in [5, 5.41) is 19.6. The van der Waals surface area contributed by atoms with Crippen LogP contribution >= 0.6 is 22.7 Å². The maximum absolute atomic E-state index is 12.3. The number of thiazole rings is 2. The lowest BCUT2D eigenvalue weighted by molar-refractivity contribution is -0.384. The molecule has 0 fully saturated rings. The highest BCUT2D eigenvalue weighted by Gasteiger charge is 2.13. The molecule has 0 saturated carbocycles. The van der Waals surface area contributed by atoms with Crippen LogP contribution in [0.15, 0.2) is 41.9 Å². The molecule has 0 radical (unpaired) electrons. The molecule has 29 heavy (non-hydrogen) atoms. The average molecular weight is 426 g/mol. The first-order chi connectivity index (χ1) is 14.0. The number of non-ortho nitro benzene ring substituents is 1. The second kappa shape index (κ2) is 7.89. The Morgan fingerprint density at radius 3 is 2.86 bits per heavy atom. The molecule has 11 heteroatoms. The van der Waals surface area contributed by atoms with Crippen molar-refractivity contribution in [2.24, 2.45) is 0 Å². The normalized spacial score (nSPS) is 10.8. The molecule has 9 nitrogen and oxygen atoms in total. The standard InChI is InChI=1S/C18H14N6O3S2/c1-10-4-5-19-15(6-10)22-17-20-11(9-28-17)7-16(25)23-18-21-13-3-2-12(24(26)27)8-14(13)29-18/h2-6,8-9H,7H2,1H3,(H,19,20,22)(H,21,23,25). The molecule has 0 aliphatic heterocycles. The molecule has 0 aliphatic rings. The minimum absolute atomic E-state index is 0.00960. The number of hydrogen-bond acceptors (Lipinski definition) is 9. The number of nitrogens with zero attached hydrogens (tertiary/aromatic N) is 4. The Labute approximate surface area is 172 Å². The molecule has 2 N–H and O–H groups in total. The summed E-state index contributed by atoms with van der Waals surface area (Å²) < 4.78 is 0.639. The van der Waals surface area contributed by atoms with E-state index in [4.69, 9.17) is 0 Å². The van der Waals surface area contributed by atoms with Gasteiger partial charge in [0.15, 0.2) is 10.3 Å². The summed E-state index contributed by atoms with van der Waals surface area (Å²) in [4.78, 5) is 35.7. The Morgan fingerprint density at radius 1 is 1.21 bits per heavy atom. The molecule has 4 aromatic rings. The number of benzene rings is 1. The van der Waals surface area contributed by atoms with Gasteiger partial charge >= 0.3 is 0 Å². The van der Waals surface area contributed by atoms with E-state index in [0.29, 0.717) is 32.0 Å². The predicted octanol–water partition coefficient (Wildman–Crippen LogP) is 4.29. The van der Waals surface area contributed by atoms with E-state index in [9.17, 15) is 14.9 Å². The van der Waals surface area contributed by atoms with Crippen LogP contribution in [-0.4, -0.2) is 25.8 Å². The first-order valence-corrected chi connectivity index (χ1v) is 10.1. The van der Waals surface area contributed by atoms with Gasteiger partial charge in [0.1, 0.15) is 5.82 Å². The van der Waals surface area contributed by atoms with Crippen molar-refractivity contribution < 1.29 is 9.72 Å². The molecule has 0 bridgehead atoms. The number of anilines is 3. The van der Waals surface area contributed by atoms with Gasteiger partial charge in [-0.15, -0.1) is 11.3 Å². The van der Waals surface area contributed by atoms with Crippen molar-refractivity contribution in [2.75, 3.05) is 10.6 Å². The van der Waals surface area contributed by atoms with E-state index in [1.165, 1.54) is 34.8 Å². The number of carbonyl (C=O) groups is 1. The number of amides is 1. The molecule has 1 aromatic carbocycles. The lowest BCUT2D eigenvalue weighted by Gasteiger charge is -2.02. The van der Waals surface area contributed by atoms with Crippen molar-refractivity contribution in [3.63, 3.8) is 0 Å². The highest BCUT2D eigenvalue weighted by molar-refractivity contribution is 7.22. The van der Waals surface area contributed by atoms with E-state index in [1.54, 1.807) is 17.6 Å². The first kappa shape index (κ1) is 18.9. The number of carbonyl (C=O) groups excluding carboxylic acids is 1. The van der Waals surface area contributed by atoms with Crippen LogP contribution < -0.4 is 10.6 Å². The number of nitro benzene ring substituents is 1. The Hall–Kier alpha value is -3.44. The summed E-state index contributed by atoms with van der Waals surface area (Å²) in [5.74, 6) is 0.433. The lowest BCUT2D eigenvalue weighted by Crippen LogP contribution is -2.14. The Bertz CT molecular complexity index is 1220. The minimum Gasteiger partial charge on any atom is -0.316 e. The number of aryl methyl sites for hydroxylation is 1. The fourth-order valence-corrected chi connectivity index (χ4v) is 4.20. The molecule has 146 valence electrons. The van der Waals surface area contributed by atoms with Gasteiger partial charge in [-0.3, -0.25) is 14.9 Å². The zero-order chi connectivity index (χ0) is 20.4. The van der Waals surface area contributed by atoms with E-state index < -0.39 is 4.92 Å². The monoisotopic (exact) mass is 426 g/mol. The summed E-state index contributed by atoms with van der Waals surface area (Å²) in [5.41, 5.74) is 2.30. The molecule has 0 atom stereocenters. The van der Waals surface area contributed by atoms with Crippen molar-refractivity contribution >= 4 is 60.6 Å². The van der Waals surface area contributed by atoms with Crippen molar-refractivity contribution in [2.45, 2.75) is 13.3 Å². The van der Waals surface area contributed by atoms with Crippen LogP contribution in [-0.2, 0) is 11.2 Å². The van der Waals surface area contributed by atoms with Crippen LogP contribution in [0.3, 0.4) is 0 Å². The van der Waals surface area contributed by atoms with Crippen LogP contribution in [0, 0.1) is 17.0 Å². The molecule has 4 rings (SSSR count). The van der Waals surface area contributed by atoms with Gasteiger partial charge in [-0.1, -0.05) is 11.3 Å². The number of hydrogen-bond donors (Lipinski definition) is 2. The van der Waals surface area contributed by atoms with Crippen molar-refractivity contribution in [3.05, 3.63) is 63.3 Å². The maximum Gasteiger partial charge on any atom is 0.270 e. The second-order valence-electron chi connectivity index (χ2n) is 6.14. The van der Waals surface area contributed by atoms with Gasteiger partial charge in [-0.25, -0.2) is 15.0 Å². The largest absolute Gasteiger partial charge is 0.316 e. The van der Waals surface area contributed by atoms with Crippen LogP contribution in [0.1, 0.15) is 11.3 Å². The molecule has 0 aliphatic carbocycles. The number of nitro groups is 1. The van der Waals surface area contributed by atoms with Crippen LogP contribution in [0.5, 0.6) is 0 Å². The molecule has 3 aromatic heterocycles. The quantitative estimate of drug-likeness (QED) is 0.348. The highest BCUT2D eigenvalue weighted by atomic mass is 32.1. The van der Waals surface area contributed by atoms with Gasteiger partial charge in [0.05, 0.1) is 27.3 Å². The molecule has 1 amide bonds. The summed E-state index contributed by atoms with van der Waals surface area (Å²) in [6, 6.07) is 8.21. The summed E-state index contributed by atoms with van der Waals surface area (Å²) in [6.07, 6.45) is 1.81. The summed E-state index contributed by atoms with van der Waals surface area (Å²) in [6.45, 7) is 1.98. The topological polar surface area (TPSA) is 123 Å². The third kappa shape index (κ3) is 4.52. The lowest BCUT2D eigenvalue weighted by atomic mass is 10.3. The van der Waals surface area contributed by atoms with Crippen LogP contribution in [0.2, 0.25) is 0 Å². The fraction of sp³-hybridized carbons (Fsp3) is 0.111. The van der Waals surface area contributed by atoms with Gasteiger partial charge in [0.25, 0.3) is 5.69 Å². The van der Waals surface area contributed by atoms with Crippen molar-refractivity contribution in [1.29, 1.82) is 0 Å².